The first kappa shape index (κ1) is 11.9. The van der Waals surface area contributed by atoms with Gasteiger partial charge in [0.05, 0.1) is 0 Å². The molecule has 1 nitrogen and oxygen atoms in total. The molecular formula is C15H13BrO. The van der Waals surface area contributed by atoms with Crippen molar-refractivity contribution in [2.24, 2.45) is 0 Å². The third-order valence-corrected chi connectivity index (χ3v) is 2.93. The molecule has 0 aliphatic carbocycles. The van der Waals surface area contributed by atoms with Crippen molar-refractivity contribution in [3.05, 3.63) is 65.7 Å². The molecule has 0 radical (unpaired) electrons. The van der Waals surface area contributed by atoms with Crippen molar-refractivity contribution in [3.8, 4) is 16.9 Å². The second kappa shape index (κ2) is 5.69. The van der Waals surface area contributed by atoms with Crippen LogP contribution in [0.1, 0.15) is 0 Å². The first-order valence-electron chi connectivity index (χ1n) is 5.39. The molecule has 0 fully saturated rings. The van der Waals surface area contributed by atoms with Gasteiger partial charge in [-0.1, -0.05) is 52.9 Å². The Kier molecular flexibility index (Phi) is 3.99. The van der Waals surface area contributed by atoms with E-state index in [0.29, 0.717) is 6.61 Å². The van der Waals surface area contributed by atoms with E-state index in [1.54, 1.807) is 6.08 Å². The molecule has 0 spiro atoms. The summed E-state index contributed by atoms with van der Waals surface area (Å²) in [6.45, 7) is 4.16. The van der Waals surface area contributed by atoms with Crippen LogP contribution >= 0.6 is 15.9 Å². The normalized spacial score (nSPS) is 9.94. The van der Waals surface area contributed by atoms with Crippen LogP contribution in [0.4, 0.5) is 0 Å². The Hall–Kier alpha value is -1.54. The van der Waals surface area contributed by atoms with Crippen molar-refractivity contribution in [1.29, 1.82) is 0 Å². The lowest BCUT2D eigenvalue weighted by molar-refractivity contribution is 0.363. The van der Waals surface area contributed by atoms with E-state index in [0.717, 1.165) is 10.2 Å². The van der Waals surface area contributed by atoms with Gasteiger partial charge in [0, 0.05) is 4.47 Å². The summed E-state index contributed by atoms with van der Waals surface area (Å²) in [4.78, 5) is 0. The van der Waals surface area contributed by atoms with Crippen LogP contribution in [0.5, 0.6) is 5.75 Å². The molecule has 2 aromatic rings. The number of hydrogen-bond donors (Lipinski definition) is 0. The lowest BCUT2D eigenvalue weighted by Gasteiger charge is -2.05. The van der Waals surface area contributed by atoms with Crippen molar-refractivity contribution in [2.45, 2.75) is 0 Å². The molecular weight excluding hydrogens is 276 g/mol. The maximum atomic E-state index is 5.44. The van der Waals surface area contributed by atoms with Gasteiger partial charge in [0.2, 0.25) is 0 Å². The summed E-state index contributed by atoms with van der Waals surface area (Å²) in [6.07, 6.45) is 1.74. The van der Waals surface area contributed by atoms with Crippen LogP contribution in [0, 0.1) is 0 Å². The molecule has 2 heteroatoms. The topological polar surface area (TPSA) is 9.23 Å². The Morgan fingerprint density at radius 2 is 1.47 bits per heavy atom. The average molecular weight is 289 g/mol. The number of rotatable bonds is 4. The van der Waals surface area contributed by atoms with E-state index in [-0.39, 0.29) is 0 Å². The minimum Gasteiger partial charge on any atom is -0.490 e. The summed E-state index contributed by atoms with van der Waals surface area (Å²) < 4.78 is 6.53. The number of ether oxygens (including phenoxy) is 1. The van der Waals surface area contributed by atoms with Crippen LogP contribution in [0.15, 0.2) is 65.7 Å². The van der Waals surface area contributed by atoms with E-state index < -0.39 is 0 Å². The summed E-state index contributed by atoms with van der Waals surface area (Å²) in [6, 6.07) is 16.3. The van der Waals surface area contributed by atoms with Gasteiger partial charge < -0.3 is 4.74 Å². The third kappa shape index (κ3) is 3.21. The molecule has 0 aromatic heterocycles. The van der Waals surface area contributed by atoms with E-state index in [1.807, 2.05) is 24.3 Å². The fraction of sp³-hybridized carbons (Fsp3) is 0.0667. The zero-order valence-electron chi connectivity index (χ0n) is 9.40. The maximum absolute atomic E-state index is 5.44. The van der Waals surface area contributed by atoms with E-state index >= 15 is 0 Å². The SMILES string of the molecule is C=CCOc1ccc(-c2ccc(Br)cc2)cc1. The van der Waals surface area contributed by atoms with Gasteiger partial charge >= 0.3 is 0 Å². The van der Waals surface area contributed by atoms with Crippen LogP contribution in [0.3, 0.4) is 0 Å². The predicted molar refractivity (Wildman–Crippen MR) is 75.3 cm³/mol. The lowest BCUT2D eigenvalue weighted by atomic mass is 10.1. The Morgan fingerprint density at radius 3 is 2.00 bits per heavy atom. The van der Waals surface area contributed by atoms with Gasteiger partial charge in [0.15, 0.2) is 0 Å². The Morgan fingerprint density at radius 1 is 0.941 bits per heavy atom. The van der Waals surface area contributed by atoms with Gasteiger partial charge in [0.1, 0.15) is 12.4 Å². The highest BCUT2D eigenvalue weighted by Crippen LogP contribution is 2.23. The molecule has 2 aromatic carbocycles. The van der Waals surface area contributed by atoms with Gasteiger partial charge in [0.25, 0.3) is 0 Å². The summed E-state index contributed by atoms with van der Waals surface area (Å²) in [5, 5.41) is 0. The quantitative estimate of drug-likeness (QED) is 0.742. The first-order chi connectivity index (χ1) is 8.29. The van der Waals surface area contributed by atoms with Crippen molar-refractivity contribution < 1.29 is 4.74 Å². The van der Waals surface area contributed by atoms with Crippen LogP contribution in [-0.2, 0) is 0 Å². The zero-order valence-corrected chi connectivity index (χ0v) is 11.0. The Labute approximate surface area is 110 Å². The molecule has 2 rings (SSSR count). The molecule has 17 heavy (non-hydrogen) atoms. The van der Waals surface area contributed by atoms with Crippen molar-refractivity contribution in [3.63, 3.8) is 0 Å². The minimum atomic E-state index is 0.539. The van der Waals surface area contributed by atoms with Gasteiger partial charge in [-0.05, 0) is 35.4 Å². The molecule has 0 aliphatic rings. The predicted octanol–water partition coefficient (Wildman–Crippen LogP) is 4.68. The smallest absolute Gasteiger partial charge is 0.119 e. The van der Waals surface area contributed by atoms with Crippen molar-refractivity contribution >= 4 is 15.9 Å². The summed E-state index contributed by atoms with van der Waals surface area (Å²) >= 11 is 3.43. The monoisotopic (exact) mass is 288 g/mol. The summed E-state index contributed by atoms with van der Waals surface area (Å²) in [7, 11) is 0. The molecule has 0 unspecified atom stereocenters. The second-order valence-electron chi connectivity index (χ2n) is 3.63. The van der Waals surface area contributed by atoms with Gasteiger partial charge in [-0.2, -0.15) is 0 Å². The van der Waals surface area contributed by atoms with E-state index in [2.05, 4.69) is 46.8 Å². The Bertz CT molecular complexity index is 485. The summed E-state index contributed by atoms with van der Waals surface area (Å²) in [5.74, 6) is 0.866. The minimum absolute atomic E-state index is 0.539. The maximum Gasteiger partial charge on any atom is 0.119 e. The standard InChI is InChI=1S/C15H13BrO/c1-2-11-17-15-9-5-13(6-10-15)12-3-7-14(16)8-4-12/h2-10H,1,11H2. The Balaban J connectivity index is 2.17. The highest BCUT2D eigenvalue weighted by molar-refractivity contribution is 9.10. The molecule has 0 heterocycles. The van der Waals surface area contributed by atoms with E-state index in [4.69, 9.17) is 4.74 Å². The lowest BCUT2D eigenvalue weighted by Crippen LogP contribution is -1.91. The number of hydrogen-bond acceptors (Lipinski definition) is 1. The average Bonchev–Trinajstić information content (AvgIpc) is 2.38. The molecule has 0 saturated carbocycles. The zero-order chi connectivity index (χ0) is 12.1. The van der Waals surface area contributed by atoms with Crippen LogP contribution in [-0.4, -0.2) is 6.61 Å². The van der Waals surface area contributed by atoms with Gasteiger partial charge in [-0.25, -0.2) is 0 Å². The molecule has 0 saturated heterocycles. The highest BCUT2D eigenvalue weighted by Gasteiger charge is 1.98. The van der Waals surface area contributed by atoms with Crippen LogP contribution in [0.25, 0.3) is 11.1 Å². The fourth-order valence-electron chi connectivity index (χ4n) is 1.54. The molecule has 0 N–H and O–H groups in total. The molecule has 0 atom stereocenters. The van der Waals surface area contributed by atoms with Crippen molar-refractivity contribution in [1.82, 2.24) is 0 Å². The second-order valence-corrected chi connectivity index (χ2v) is 4.55. The largest absolute Gasteiger partial charge is 0.490 e. The number of halogens is 1. The van der Waals surface area contributed by atoms with Crippen LogP contribution < -0.4 is 4.74 Å². The molecule has 0 aliphatic heterocycles. The van der Waals surface area contributed by atoms with Crippen molar-refractivity contribution in [2.75, 3.05) is 6.61 Å². The molecule has 86 valence electrons. The number of benzene rings is 2. The molecule has 0 bridgehead atoms. The van der Waals surface area contributed by atoms with E-state index in [1.165, 1.54) is 11.1 Å². The fourth-order valence-corrected chi connectivity index (χ4v) is 1.81. The van der Waals surface area contributed by atoms with E-state index in [9.17, 15) is 0 Å². The summed E-state index contributed by atoms with van der Waals surface area (Å²) in [5.41, 5.74) is 2.38. The first-order valence-corrected chi connectivity index (χ1v) is 6.18. The van der Waals surface area contributed by atoms with Gasteiger partial charge in [-0.15, -0.1) is 0 Å². The molecule has 0 amide bonds. The third-order valence-electron chi connectivity index (χ3n) is 2.40. The highest BCUT2D eigenvalue weighted by atomic mass is 79.9. The van der Waals surface area contributed by atoms with Crippen LogP contribution in [0.2, 0.25) is 0 Å². The van der Waals surface area contributed by atoms with Gasteiger partial charge in [-0.3, -0.25) is 0 Å².